The molecule has 8 bridgehead atoms. The van der Waals surface area contributed by atoms with Gasteiger partial charge in [-0.1, -0.05) is 62.4 Å². The van der Waals surface area contributed by atoms with Gasteiger partial charge in [-0.25, -0.2) is 27.2 Å². The number of aromatic nitrogens is 3. The van der Waals surface area contributed by atoms with Crippen LogP contribution in [-0.4, -0.2) is 94.2 Å². The Balaban J connectivity index is 0.963. The molecule has 0 saturated carbocycles. The molecule has 0 aliphatic carbocycles. The number of piperidine rings is 1. The Morgan fingerprint density at radius 3 is 2.49 bits per heavy atom. The van der Waals surface area contributed by atoms with E-state index in [1.54, 1.807) is 33.7 Å². The van der Waals surface area contributed by atoms with Crippen LogP contribution in [0.1, 0.15) is 148 Å². The number of nitriles is 1. The minimum atomic E-state index is -3.39. The van der Waals surface area contributed by atoms with Gasteiger partial charge in [0.2, 0.25) is 11.8 Å². The molecule has 18 heteroatoms. The van der Waals surface area contributed by atoms with Crippen molar-refractivity contribution in [1.29, 1.82) is 5.26 Å². The number of hydrogen-bond donors (Lipinski definition) is 3. The molecular weight excluding hydrogens is 917 g/mol. The lowest BCUT2D eigenvalue weighted by Gasteiger charge is -2.40. The average Bonchev–Trinajstić information content (AvgIpc) is 3.66. The van der Waals surface area contributed by atoms with E-state index in [1.165, 1.54) is 12.4 Å². The van der Waals surface area contributed by atoms with Gasteiger partial charge in [0.1, 0.15) is 33.7 Å². The van der Waals surface area contributed by atoms with Gasteiger partial charge in [0.25, 0.3) is 17.4 Å². The van der Waals surface area contributed by atoms with E-state index in [9.17, 15) is 28.1 Å². The standard InChI is InChI=1S/C52H63F2N9O6S/c1-34-36-11-9-13-38(27-36)52(53,54)20-19-35-29-61(30-35)24-8-4-6-15-39(63-47-40(46(59-34)57-33-58-47)28-41(49(63)66)51(32-55)21-25-70(68,69)26-22-51)14-5-2-3-7-23-56-42-16-10-12-37-31-62(50(67)45(37)42)43-17-18-44(64)60-48(43)65/h9-13,16,27-28,33-35,39,43,56H,2-8,14-15,17-26,29-31H2,1H3,(H,57,58,59)(H,60,64,65)/t34-,39?,43?/m1/s1. The maximum atomic E-state index is 15.7. The summed E-state index contributed by atoms with van der Waals surface area (Å²) < 4.78 is 58.7. The van der Waals surface area contributed by atoms with Gasteiger partial charge in [-0.2, -0.15) is 5.26 Å². The zero-order valence-electron chi connectivity index (χ0n) is 39.9. The smallest absolute Gasteiger partial charge is 0.273 e. The first-order chi connectivity index (χ1) is 33.6. The number of alkyl halides is 2. The van der Waals surface area contributed by atoms with Gasteiger partial charge in [-0.15, -0.1) is 0 Å². The number of rotatable bonds is 10. The molecule has 2 aromatic carbocycles. The van der Waals surface area contributed by atoms with Crippen LogP contribution in [0.2, 0.25) is 0 Å². The number of carbonyl (C=O) groups is 3. The molecule has 8 heterocycles. The van der Waals surface area contributed by atoms with Crippen molar-refractivity contribution in [3.05, 3.63) is 93.0 Å². The third-order valence-corrected chi connectivity index (χ3v) is 17.2. The SMILES string of the molecule is C[C@H]1Nc2ncnc3c2cc(C2(C#N)CCS(=O)(=O)CC2)c(=O)n3C(CCCCCCNc2cccc3c2C(=O)N(C2CCC(=O)NC2=O)C3)CCCCCN2CC(CCC(F)(F)c3cccc1c3)C2. The van der Waals surface area contributed by atoms with Crippen LogP contribution in [0.4, 0.5) is 20.3 Å². The zero-order chi connectivity index (χ0) is 49.2. The topological polar surface area (TPSA) is 199 Å². The Hall–Kier alpha value is -5.80. The van der Waals surface area contributed by atoms with Gasteiger partial charge in [-0.05, 0) is 100 Å². The lowest BCUT2D eigenvalue weighted by atomic mass is 9.77. The van der Waals surface area contributed by atoms with Crippen molar-refractivity contribution in [1.82, 2.24) is 29.7 Å². The molecule has 3 atom stereocenters. The Morgan fingerprint density at radius 2 is 1.70 bits per heavy atom. The van der Waals surface area contributed by atoms with Crippen LogP contribution in [0.3, 0.4) is 0 Å². The van der Waals surface area contributed by atoms with Crippen molar-refractivity contribution < 1.29 is 31.6 Å². The molecule has 4 aromatic rings. The molecule has 3 saturated heterocycles. The van der Waals surface area contributed by atoms with E-state index in [4.69, 9.17) is 4.98 Å². The molecule has 2 aromatic heterocycles. The summed E-state index contributed by atoms with van der Waals surface area (Å²) in [7, 11) is -3.39. The summed E-state index contributed by atoms with van der Waals surface area (Å²) >= 11 is 0. The third-order valence-electron chi connectivity index (χ3n) is 15.5. The molecular formula is C52H63F2N9O6S. The molecule has 0 radical (unpaired) electrons. The highest BCUT2D eigenvalue weighted by atomic mass is 32.2. The monoisotopic (exact) mass is 979 g/mol. The number of pyridine rings is 1. The van der Waals surface area contributed by atoms with Gasteiger partial charge >= 0.3 is 0 Å². The van der Waals surface area contributed by atoms with Crippen molar-refractivity contribution in [2.75, 3.05) is 48.3 Å². The number of fused-ring (bicyclic) bond motifs is 9. The summed E-state index contributed by atoms with van der Waals surface area (Å²) in [5.74, 6) is -3.82. The molecule has 2 unspecified atom stereocenters. The number of halogens is 2. The van der Waals surface area contributed by atoms with Crippen molar-refractivity contribution in [2.24, 2.45) is 5.92 Å². The highest BCUT2D eigenvalue weighted by Gasteiger charge is 2.43. The highest BCUT2D eigenvalue weighted by Crippen LogP contribution is 2.40. The lowest BCUT2D eigenvalue weighted by Crippen LogP contribution is -2.52. The Morgan fingerprint density at radius 1 is 0.914 bits per heavy atom. The molecule has 3 fully saturated rings. The van der Waals surface area contributed by atoms with Crippen LogP contribution >= 0.6 is 0 Å². The van der Waals surface area contributed by atoms with E-state index in [2.05, 4.69) is 31.9 Å². The molecule has 3 N–H and O–H groups in total. The summed E-state index contributed by atoms with van der Waals surface area (Å²) in [6, 6.07) is 14.7. The summed E-state index contributed by atoms with van der Waals surface area (Å²) in [6.07, 6.45) is 9.35. The molecule has 372 valence electrons. The van der Waals surface area contributed by atoms with E-state index < -0.39 is 39.2 Å². The quantitative estimate of drug-likeness (QED) is 0.104. The Labute approximate surface area is 407 Å². The summed E-state index contributed by atoms with van der Waals surface area (Å²) in [5, 5.41) is 20.6. The fourth-order valence-corrected chi connectivity index (χ4v) is 12.8. The minimum Gasteiger partial charge on any atom is -0.384 e. The van der Waals surface area contributed by atoms with E-state index in [-0.39, 0.29) is 77.6 Å². The normalized spacial score (nSPS) is 25.4. The van der Waals surface area contributed by atoms with Crippen LogP contribution in [0.5, 0.6) is 0 Å². The zero-order valence-corrected chi connectivity index (χ0v) is 40.7. The molecule has 10 rings (SSSR count). The number of unbranched alkanes of at least 4 members (excludes halogenated alkanes) is 3. The molecule has 0 spiro atoms. The lowest BCUT2D eigenvalue weighted by molar-refractivity contribution is -0.136. The summed E-state index contributed by atoms with van der Waals surface area (Å²) in [4.78, 5) is 66.5. The summed E-state index contributed by atoms with van der Waals surface area (Å²) in [5.41, 5.74) is 1.59. The average molecular weight is 980 g/mol. The number of nitrogens with one attached hydrogen (secondary N) is 3. The number of anilines is 2. The third kappa shape index (κ3) is 10.3. The first kappa shape index (κ1) is 49.2. The number of hydrogen-bond acceptors (Lipinski definition) is 12. The van der Waals surface area contributed by atoms with Crippen LogP contribution < -0.4 is 21.5 Å². The maximum Gasteiger partial charge on any atom is 0.273 e. The number of nitrogens with zero attached hydrogens (tertiary/aromatic N) is 6. The predicted octanol–water partition coefficient (Wildman–Crippen LogP) is 7.68. The minimum absolute atomic E-state index is 0.0193. The molecule has 70 heavy (non-hydrogen) atoms. The second-order valence-corrected chi connectivity index (χ2v) is 22.6. The molecule has 6 aliphatic heterocycles. The summed E-state index contributed by atoms with van der Waals surface area (Å²) in [6.45, 7) is 5.26. The molecule has 3 amide bonds. The van der Waals surface area contributed by atoms with Crippen LogP contribution in [0, 0.1) is 17.2 Å². The predicted molar refractivity (Wildman–Crippen MR) is 262 cm³/mol. The van der Waals surface area contributed by atoms with Crippen molar-refractivity contribution >= 4 is 50.1 Å². The second kappa shape index (κ2) is 20.5. The van der Waals surface area contributed by atoms with Gasteiger partial charge in [0, 0.05) is 67.9 Å². The fraction of sp³-hybridized carbons (Fsp3) is 0.558. The van der Waals surface area contributed by atoms with E-state index in [1.807, 2.05) is 25.1 Å². The highest BCUT2D eigenvalue weighted by molar-refractivity contribution is 7.91. The first-order valence-corrected chi connectivity index (χ1v) is 27.0. The number of imide groups is 1. The van der Waals surface area contributed by atoms with Gasteiger partial charge in [0.15, 0.2) is 0 Å². The van der Waals surface area contributed by atoms with Crippen LogP contribution in [0.25, 0.3) is 11.0 Å². The number of benzene rings is 2. The Bertz CT molecular complexity index is 2850. The number of sulfone groups is 1. The Kier molecular flexibility index (Phi) is 14.4. The molecule has 6 aliphatic rings. The first-order valence-electron chi connectivity index (χ1n) is 25.2. The van der Waals surface area contributed by atoms with Gasteiger partial charge < -0.3 is 20.4 Å². The van der Waals surface area contributed by atoms with Gasteiger partial charge in [0.05, 0.1) is 33.9 Å². The van der Waals surface area contributed by atoms with E-state index >= 15 is 13.6 Å². The number of carbonyl (C=O) groups excluding carboxylic acids is 3. The largest absolute Gasteiger partial charge is 0.384 e. The second-order valence-electron chi connectivity index (χ2n) is 20.3. The van der Waals surface area contributed by atoms with Gasteiger partial charge in [-0.3, -0.25) is 29.1 Å². The van der Waals surface area contributed by atoms with Crippen LogP contribution in [0.15, 0.2) is 59.7 Å². The van der Waals surface area contributed by atoms with E-state index in [0.29, 0.717) is 72.4 Å². The van der Waals surface area contributed by atoms with Crippen molar-refractivity contribution in [3.63, 3.8) is 0 Å². The maximum absolute atomic E-state index is 15.7. The fourth-order valence-electron chi connectivity index (χ4n) is 11.3. The van der Waals surface area contributed by atoms with E-state index in [0.717, 1.165) is 70.1 Å². The van der Waals surface area contributed by atoms with Crippen LogP contribution in [-0.2, 0) is 37.3 Å². The van der Waals surface area contributed by atoms with Crippen molar-refractivity contribution in [3.8, 4) is 6.07 Å². The number of amides is 3. The molecule has 15 nitrogen and oxygen atoms in total. The van der Waals surface area contributed by atoms with Crippen molar-refractivity contribution in [2.45, 2.75) is 139 Å².